The van der Waals surface area contributed by atoms with Crippen molar-refractivity contribution in [2.45, 2.75) is 33.6 Å². The molecule has 0 saturated heterocycles. The lowest BCUT2D eigenvalue weighted by Crippen LogP contribution is -2.24. The van der Waals surface area contributed by atoms with Gasteiger partial charge in [0, 0.05) is 13.7 Å². The van der Waals surface area contributed by atoms with Crippen LogP contribution in [0.15, 0.2) is 0 Å². The molecule has 80 valence electrons. The van der Waals surface area contributed by atoms with Crippen molar-refractivity contribution in [1.29, 1.82) is 0 Å². The second-order valence-electron chi connectivity index (χ2n) is 4.38. The Morgan fingerprint density at radius 2 is 1.85 bits per heavy atom. The molecule has 2 heteroatoms. The number of hydrogen-bond acceptors (Lipinski definition) is 2. The van der Waals surface area contributed by atoms with Crippen LogP contribution in [0.4, 0.5) is 0 Å². The van der Waals surface area contributed by atoms with Crippen LogP contribution in [0.1, 0.15) is 33.6 Å². The van der Waals surface area contributed by atoms with Crippen molar-refractivity contribution in [2.75, 3.05) is 20.3 Å². The van der Waals surface area contributed by atoms with E-state index < -0.39 is 0 Å². The highest BCUT2D eigenvalue weighted by Gasteiger charge is 2.16. The zero-order chi connectivity index (χ0) is 10.3. The van der Waals surface area contributed by atoms with Crippen molar-refractivity contribution in [1.82, 2.24) is 0 Å². The minimum Gasteiger partial charge on any atom is -0.385 e. The molecule has 0 aliphatic carbocycles. The molecule has 0 bridgehead atoms. The molecule has 2 atom stereocenters. The number of ether oxygens (including phenoxy) is 1. The third-order valence-electron chi connectivity index (χ3n) is 2.66. The van der Waals surface area contributed by atoms with Crippen LogP contribution < -0.4 is 5.73 Å². The van der Waals surface area contributed by atoms with E-state index in [0.717, 1.165) is 25.5 Å². The van der Waals surface area contributed by atoms with Gasteiger partial charge in [0.15, 0.2) is 0 Å². The fourth-order valence-electron chi connectivity index (χ4n) is 1.71. The second kappa shape index (κ2) is 7.34. The predicted octanol–water partition coefficient (Wildman–Crippen LogP) is 2.28. The maximum Gasteiger partial charge on any atom is 0.0464 e. The van der Waals surface area contributed by atoms with Gasteiger partial charge < -0.3 is 10.5 Å². The average Bonchev–Trinajstić information content (AvgIpc) is 2.09. The molecule has 2 N–H and O–H groups in total. The van der Waals surface area contributed by atoms with Crippen molar-refractivity contribution in [3.63, 3.8) is 0 Å². The number of methoxy groups -OCH3 is 1. The largest absolute Gasteiger partial charge is 0.385 e. The van der Waals surface area contributed by atoms with Crippen LogP contribution in [0.5, 0.6) is 0 Å². The Bertz CT molecular complexity index is 115. The van der Waals surface area contributed by atoms with Gasteiger partial charge >= 0.3 is 0 Å². The van der Waals surface area contributed by atoms with E-state index in [2.05, 4.69) is 20.8 Å². The summed E-state index contributed by atoms with van der Waals surface area (Å²) in [5, 5.41) is 0. The predicted molar refractivity (Wildman–Crippen MR) is 57.7 cm³/mol. The van der Waals surface area contributed by atoms with E-state index in [1.54, 1.807) is 7.11 Å². The molecular weight excluding hydrogens is 162 g/mol. The van der Waals surface area contributed by atoms with E-state index in [9.17, 15) is 0 Å². The molecule has 0 aliphatic rings. The summed E-state index contributed by atoms with van der Waals surface area (Å²) in [4.78, 5) is 0. The Morgan fingerprint density at radius 3 is 2.23 bits per heavy atom. The lowest BCUT2D eigenvalue weighted by Gasteiger charge is -2.23. The zero-order valence-corrected chi connectivity index (χ0v) is 9.55. The van der Waals surface area contributed by atoms with Crippen molar-refractivity contribution in [3.05, 3.63) is 0 Å². The molecule has 13 heavy (non-hydrogen) atoms. The quantitative estimate of drug-likeness (QED) is 0.663. The molecule has 0 amide bonds. The molecule has 0 fully saturated rings. The van der Waals surface area contributed by atoms with Crippen LogP contribution >= 0.6 is 0 Å². The van der Waals surface area contributed by atoms with Crippen molar-refractivity contribution in [2.24, 2.45) is 23.5 Å². The molecule has 0 saturated carbocycles. The van der Waals surface area contributed by atoms with Crippen LogP contribution in [-0.2, 0) is 4.74 Å². The van der Waals surface area contributed by atoms with Gasteiger partial charge in [-0.05, 0) is 37.1 Å². The van der Waals surface area contributed by atoms with Crippen LogP contribution in [0.3, 0.4) is 0 Å². The minimum absolute atomic E-state index is 0.662. The highest BCUT2D eigenvalue weighted by atomic mass is 16.5. The first-order valence-corrected chi connectivity index (χ1v) is 5.30. The van der Waals surface area contributed by atoms with Gasteiger partial charge in [0.2, 0.25) is 0 Å². The van der Waals surface area contributed by atoms with Gasteiger partial charge in [0.25, 0.3) is 0 Å². The second-order valence-corrected chi connectivity index (χ2v) is 4.38. The SMILES string of the molecule is COCCC(C)C(CN)CC(C)C. The van der Waals surface area contributed by atoms with Crippen molar-refractivity contribution >= 4 is 0 Å². The molecule has 0 aromatic heterocycles. The van der Waals surface area contributed by atoms with Crippen LogP contribution in [0, 0.1) is 17.8 Å². The summed E-state index contributed by atoms with van der Waals surface area (Å²) in [7, 11) is 1.76. The van der Waals surface area contributed by atoms with Crippen LogP contribution in [0.2, 0.25) is 0 Å². The lowest BCUT2D eigenvalue weighted by atomic mass is 9.85. The van der Waals surface area contributed by atoms with Gasteiger partial charge in [0.05, 0.1) is 0 Å². The van der Waals surface area contributed by atoms with E-state index in [-0.39, 0.29) is 0 Å². The van der Waals surface area contributed by atoms with E-state index >= 15 is 0 Å². The summed E-state index contributed by atoms with van der Waals surface area (Å²) in [6.45, 7) is 8.45. The van der Waals surface area contributed by atoms with Gasteiger partial charge in [-0.3, -0.25) is 0 Å². The molecule has 0 aromatic rings. The Hall–Kier alpha value is -0.0800. The van der Waals surface area contributed by atoms with Crippen LogP contribution in [-0.4, -0.2) is 20.3 Å². The standard InChI is InChI=1S/C11H25NO/c1-9(2)7-11(8-12)10(3)5-6-13-4/h9-11H,5-8,12H2,1-4H3. The van der Waals surface area contributed by atoms with Gasteiger partial charge in [-0.1, -0.05) is 20.8 Å². The van der Waals surface area contributed by atoms with Crippen molar-refractivity contribution in [3.8, 4) is 0 Å². The topological polar surface area (TPSA) is 35.2 Å². The zero-order valence-electron chi connectivity index (χ0n) is 9.55. The first-order chi connectivity index (χ1) is 6.11. The molecular formula is C11H25NO. The Labute approximate surface area is 82.8 Å². The Morgan fingerprint density at radius 1 is 1.23 bits per heavy atom. The minimum atomic E-state index is 0.662. The van der Waals surface area contributed by atoms with Gasteiger partial charge in [-0.25, -0.2) is 0 Å². The summed E-state index contributed by atoms with van der Waals surface area (Å²) >= 11 is 0. The van der Waals surface area contributed by atoms with Crippen LogP contribution in [0.25, 0.3) is 0 Å². The fourth-order valence-corrected chi connectivity index (χ4v) is 1.71. The highest BCUT2D eigenvalue weighted by Crippen LogP contribution is 2.21. The maximum absolute atomic E-state index is 5.75. The lowest BCUT2D eigenvalue weighted by molar-refractivity contribution is 0.160. The third kappa shape index (κ3) is 6.05. The number of rotatable bonds is 7. The first kappa shape index (κ1) is 12.9. The van der Waals surface area contributed by atoms with E-state index in [1.807, 2.05) is 0 Å². The van der Waals surface area contributed by atoms with Gasteiger partial charge in [-0.15, -0.1) is 0 Å². The van der Waals surface area contributed by atoms with E-state index in [4.69, 9.17) is 10.5 Å². The summed E-state index contributed by atoms with van der Waals surface area (Å²) in [6, 6.07) is 0. The number of hydrogen-bond donors (Lipinski definition) is 1. The van der Waals surface area contributed by atoms with Gasteiger partial charge in [0.1, 0.15) is 0 Å². The third-order valence-corrected chi connectivity index (χ3v) is 2.66. The first-order valence-electron chi connectivity index (χ1n) is 5.30. The van der Waals surface area contributed by atoms with E-state index in [0.29, 0.717) is 11.8 Å². The average molecular weight is 187 g/mol. The van der Waals surface area contributed by atoms with Crippen molar-refractivity contribution < 1.29 is 4.74 Å². The molecule has 0 aliphatic heterocycles. The van der Waals surface area contributed by atoms with Gasteiger partial charge in [-0.2, -0.15) is 0 Å². The molecule has 0 rings (SSSR count). The highest BCUT2D eigenvalue weighted by molar-refractivity contribution is 4.68. The summed E-state index contributed by atoms with van der Waals surface area (Å²) < 4.78 is 5.07. The monoisotopic (exact) mass is 187 g/mol. The van der Waals surface area contributed by atoms with E-state index in [1.165, 1.54) is 6.42 Å². The molecule has 2 unspecified atom stereocenters. The summed E-state index contributed by atoms with van der Waals surface area (Å²) in [5.74, 6) is 2.10. The molecule has 0 aromatic carbocycles. The molecule has 0 radical (unpaired) electrons. The normalized spacial score (nSPS) is 16.2. The Kier molecular flexibility index (Phi) is 7.29. The summed E-state index contributed by atoms with van der Waals surface area (Å²) in [5.41, 5.74) is 5.75. The maximum atomic E-state index is 5.75. The molecule has 0 spiro atoms. The molecule has 0 heterocycles. The smallest absolute Gasteiger partial charge is 0.0464 e. The Balaban J connectivity index is 3.77. The number of nitrogens with two attached hydrogens (primary N) is 1. The molecule has 2 nitrogen and oxygen atoms in total. The fraction of sp³-hybridized carbons (Fsp3) is 1.00. The summed E-state index contributed by atoms with van der Waals surface area (Å²) in [6.07, 6.45) is 2.37.